The van der Waals surface area contributed by atoms with Crippen LogP contribution in [0.5, 0.6) is 0 Å². The topological polar surface area (TPSA) is 44.0 Å². The molecule has 0 radical (unpaired) electrons. The molecule has 0 atom stereocenters. The third-order valence-electron chi connectivity index (χ3n) is 3.12. The summed E-state index contributed by atoms with van der Waals surface area (Å²) in [6.07, 6.45) is 5.69. The van der Waals surface area contributed by atoms with Crippen LogP contribution in [0.4, 0.5) is 0 Å². The van der Waals surface area contributed by atoms with Crippen molar-refractivity contribution in [1.82, 2.24) is 4.90 Å². The molecule has 0 aliphatic carbocycles. The molecule has 2 N–H and O–H groups in total. The summed E-state index contributed by atoms with van der Waals surface area (Å²) in [7, 11) is 1.83. The maximum absolute atomic E-state index is 5.36. The number of methoxy groups -OCH3 is 1. The molecule has 1 fully saturated rings. The van der Waals surface area contributed by atoms with Gasteiger partial charge in [-0.1, -0.05) is 27.7 Å². The molecule has 1 saturated heterocycles. The van der Waals surface area contributed by atoms with E-state index in [9.17, 15) is 0 Å². The van der Waals surface area contributed by atoms with E-state index >= 15 is 0 Å². The highest BCUT2D eigenvalue weighted by Gasteiger charge is 2.17. The van der Waals surface area contributed by atoms with E-state index in [1.54, 1.807) is 0 Å². The largest absolute Gasteiger partial charge is 0.412 e. The zero-order valence-corrected chi connectivity index (χ0v) is 12.5. The van der Waals surface area contributed by atoms with Crippen molar-refractivity contribution in [3.63, 3.8) is 0 Å². The smallest absolute Gasteiger partial charge is 0.0595 e. The van der Waals surface area contributed by atoms with E-state index in [-0.39, 0.29) is 5.48 Å². The van der Waals surface area contributed by atoms with Crippen molar-refractivity contribution < 1.29 is 10.2 Å². The normalized spacial score (nSPS) is 17.3. The van der Waals surface area contributed by atoms with Crippen molar-refractivity contribution in [2.75, 3.05) is 26.7 Å². The van der Waals surface area contributed by atoms with Gasteiger partial charge in [0.25, 0.3) is 0 Å². The highest BCUT2D eigenvalue weighted by Crippen LogP contribution is 2.14. The lowest BCUT2D eigenvalue weighted by Gasteiger charge is -2.31. The summed E-state index contributed by atoms with van der Waals surface area (Å²) < 4.78 is 5.36. The number of ether oxygens (including phenoxy) is 1. The van der Waals surface area contributed by atoms with Crippen LogP contribution in [0.15, 0.2) is 0 Å². The molecule has 1 rings (SSSR count). The van der Waals surface area contributed by atoms with Crippen molar-refractivity contribution >= 4 is 0 Å². The van der Waals surface area contributed by atoms with Crippen LogP contribution in [0.3, 0.4) is 0 Å². The Morgan fingerprint density at radius 1 is 1.18 bits per heavy atom. The monoisotopic (exact) mass is 247 g/mol. The van der Waals surface area contributed by atoms with Gasteiger partial charge in [-0.25, -0.2) is 0 Å². The molecule has 0 aromatic heterocycles. The molecule has 0 spiro atoms. The Balaban J connectivity index is 0. The molecule has 0 aromatic carbocycles. The van der Waals surface area contributed by atoms with E-state index in [4.69, 9.17) is 4.74 Å². The molecule has 1 aliphatic heterocycles. The fourth-order valence-electron chi connectivity index (χ4n) is 2.09. The van der Waals surface area contributed by atoms with E-state index in [0.717, 1.165) is 5.92 Å². The van der Waals surface area contributed by atoms with Crippen molar-refractivity contribution in [3.05, 3.63) is 0 Å². The third-order valence-corrected chi connectivity index (χ3v) is 3.12. The Labute approximate surface area is 108 Å². The molecule has 3 nitrogen and oxygen atoms in total. The lowest BCUT2D eigenvalue weighted by atomic mass is 10.1. The molecule has 0 saturated carbocycles. The minimum absolute atomic E-state index is 0. The van der Waals surface area contributed by atoms with Crippen LogP contribution in [0.2, 0.25) is 0 Å². The fourth-order valence-corrected chi connectivity index (χ4v) is 2.09. The van der Waals surface area contributed by atoms with Gasteiger partial charge in [-0.15, -0.1) is 0 Å². The number of hydrogen-bond acceptors (Lipinski definition) is 2. The van der Waals surface area contributed by atoms with Gasteiger partial charge in [0.2, 0.25) is 0 Å². The van der Waals surface area contributed by atoms with Gasteiger partial charge in [0.15, 0.2) is 0 Å². The fraction of sp³-hybridized carbons (Fsp3) is 1.00. The van der Waals surface area contributed by atoms with E-state index in [1.807, 2.05) is 21.0 Å². The van der Waals surface area contributed by atoms with Gasteiger partial charge >= 0.3 is 0 Å². The molecule has 0 unspecified atom stereocenters. The van der Waals surface area contributed by atoms with Crippen molar-refractivity contribution in [2.24, 2.45) is 5.92 Å². The van der Waals surface area contributed by atoms with Crippen molar-refractivity contribution in [1.29, 1.82) is 0 Å². The first kappa shape index (κ1) is 19.2. The Bertz CT molecular complexity index is 143. The number of nitrogens with zero attached hydrogens (tertiary/aromatic N) is 1. The first-order chi connectivity index (χ1) is 7.72. The van der Waals surface area contributed by atoms with Crippen LogP contribution in [-0.4, -0.2) is 43.2 Å². The number of hydrogen-bond donors (Lipinski definition) is 0. The van der Waals surface area contributed by atoms with Crippen LogP contribution >= 0.6 is 0 Å². The van der Waals surface area contributed by atoms with Crippen LogP contribution in [0.1, 0.15) is 53.4 Å². The zero-order chi connectivity index (χ0) is 12.4. The molecule has 1 aliphatic rings. The lowest BCUT2D eigenvalue weighted by Crippen LogP contribution is -2.37. The molecule has 0 amide bonds. The second-order valence-corrected chi connectivity index (χ2v) is 4.81. The molecular weight excluding hydrogens is 214 g/mol. The van der Waals surface area contributed by atoms with Crippen LogP contribution in [0.25, 0.3) is 0 Å². The summed E-state index contributed by atoms with van der Waals surface area (Å²) in [5.74, 6) is 0.853. The van der Waals surface area contributed by atoms with Gasteiger partial charge in [0, 0.05) is 20.2 Å². The lowest BCUT2D eigenvalue weighted by molar-refractivity contribution is 0.0405. The Kier molecular flexibility index (Phi) is 14.0. The maximum atomic E-state index is 5.36. The number of likely N-dealkylation sites (tertiary alicyclic amines) is 1. The van der Waals surface area contributed by atoms with E-state index in [1.165, 1.54) is 45.3 Å². The minimum Gasteiger partial charge on any atom is -0.412 e. The summed E-state index contributed by atoms with van der Waals surface area (Å²) >= 11 is 0. The van der Waals surface area contributed by atoms with Crippen LogP contribution in [0, 0.1) is 5.92 Å². The van der Waals surface area contributed by atoms with Crippen LogP contribution < -0.4 is 0 Å². The van der Waals surface area contributed by atoms with Gasteiger partial charge in [-0.2, -0.15) is 0 Å². The first-order valence-corrected chi connectivity index (χ1v) is 6.97. The van der Waals surface area contributed by atoms with Crippen molar-refractivity contribution in [2.45, 2.75) is 59.5 Å². The summed E-state index contributed by atoms with van der Waals surface area (Å²) in [5, 5.41) is 0. The zero-order valence-electron chi connectivity index (χ0n) is 12.5. The Hall–Kier alpha value is -0.120. The molecule has 106 valence electrons. The van der Waals surface area contributed by atoms with Crippen molar-refractivity contribution in [3.8, 4) is 0 Å². The maximum Gasteiger partial charge on any atom is 0.0595 e. The second-order valence-electron chi connectivity index (χ2n) is 4.81. The third kappa shape index (κ3) is 9.57. The predicted molar refractivity (Wildman–Crippen MR) is 75.5 cm³/mol. The first-order valence-electron chi connectivity index (χ1n) is 6.97. The van der Waals surface area contributed by atoms with E-state index in [0.29, 0.717) is 6.10 Å². The number of rotatable bonds is 5. The van der Waals surface area contributed by atoms with Gasteiger partial charge in [0.05, 0.1) is 6.10 Å². The highest BCUT2D eigenvalue weighted by molar-refractivity contribution is 4.72. The van der Waals surface area contributed by atoms with Gasteiger partial charge in [-0.05, 0) is 38.1 Å². The Morgan fingerprint density at radius 3 is 2.12 bits per heavy atom. The summed E-state index contributed by atoms with van der Waals surface area (Å²) in [6, 6.07) is 0. The molecule has 17 heavy (non-hydrogen) atoms. The molecular formula is C14H33NO2. The predicted octanol–water partition coefficient (Wildman–Crippen LogP) is 2.73. The standard InChI is InChI=1S/C12H25NO.C2H6.H2O/c1-11(2)5-4-8-13-9-6-12(14-3)7-10-13;1-2;/h11-12H,4-10H2,1-3H3;1-2H3;1H2. The SMILES string of the molecule is CC.COC1CCN(CCCC(C)C)CC1.O. The highest BCUT2D eigenvalue weighted by atomic mass is 16.5. The van der Waals surface area contributed by atoms with E-state index in [2.05, 4.69) is 18.7 Å². The second kappa shape index (κ2) is 12.3. The van der Waals surface area contributed by atoms with Crippen LogP contribution in [-0.2, 0) is 4.74 Å². The van der Waals surface area contributed by atoms with Gasteiger partial charge < -0.3 is 15.1 Å². The molecule has 3 heteroatoms. The Morgan fingerprint density at radius 2 is 1.71 bits per heavy atom. The molecule has 0 aromatic rings. The average molecular weight is 247 g/mol. The van der Waals surface area contributed by atoms with Gasteiger partial charge in [-0.3, -0.25) is 0 Å². The minimum atomic E-state index is 0. The van der Waals surface area contributed by atoms with E-state index < -0.39 is 0 Å². The number of piperidine rings is 1. The molecule has 1 heterocycles. The summed E-state index contributed by atoms with van der Waals surface area (Å²) in [4.78, 5) is 2.58. The average Bonchev–Trinajstić information content (AvgIpc) is 2.32. The quantitative estimate of drug-likeness (QED) is 0.750. The molecule has 0 bridgehead atoms. The summed E-state index contributed by atoms with van der Waals surface area (Å²) in [5.41, 5.74) is 0. The summed E-state index contributed by atoms with van der Waals surface area (Å²) in [6.45, 7) is 12.4. The van der Waals surface area contributed by atoms with Gasteiger partial charge in [0.1, 0.15) is 0 Å².